The van der Waals surface area contributed by atoms with Crippen LogP contribution in [0.15, 0.2) is 30.3 Å². The van der Waals surface area contributed by atoms with E-state index < -0.39 is 5.97 Å². The molecule has 1 N–H and O–H groups in total. The highest BCUT2D eigenvalue weighted by Gasteiger charge is 2.12. The summed E-state index contributed by atoms with van der Waals surface area (Å²) in [6, 6.07) is 8.68. The molecule has 2 aromatic rings. The number of carbonyl (C=O) groups excluding carboxylic acids is 1. The highest BCUT2D eigenvalue weighted by molar-refractivity contribution is 5.86. The van der Waals surface area contributed by atoms with Gasteiger partial charge in [-0.15, -0.1) is 10.2 Å². The average molecular weight is 190 g/mol. The van der Waals surface area contributed by atoms with Crippen molar-refractivity contribution in [2.75, 3.05) is 0 Å². The molecule has 6 nitrogen and oxygen atoms in total. The molecule has 0 fully saturated rings. The Morgan fingerprint density at radius 3 is 2.71 bits per heavy atom. The first-order chi connectivity index (χ1) is 6.86. The Labute approximate surface area is 78.9 Å². The van der Waals surface area contributed by atoms with Crippen LogP contribution in [-0.2, 0) is 0 Å². The molecule has 0 saturated carbocycles. The summed E-state index contributed by atoms with van der Waals surface area (Å²) in [4.78, 5) is 11.3. The molecule has 0 aliphatic heterocycles. The number of nitrogens with one attached hydrogen (secondary N) is 1. The number of benzene rings is 1. The maximum absolute atomic E-state index is 11.3. The first-order valence-electron chi connectivity index (χ1n) is 3.87. The molecule has 0 unspecified atom stereocenters. The van der Waals surface area contributed by atoms with Crippen LogP contribution >= 0.6 is 0 Å². The molecular formula is C8H6N4O2. The lowest BCUT2D eigenvalue weighted by Crippen LogP contribution is -2.10. The zero-order chi connectivity index (χ0) is 9.80. The lowest BCUT2D eigenvalue weighted by atomic mass is 10.3. The number of aromatic amines is 1. The second kappa shape index (κ2) is 3.65. The molecule has 14 heavy (non-hydrogen) atoms. The predicted molar refractivity (Wildman–Crippen MR) is 45.6 cm³/mol. The van der Waals surface area contributed by atoms with Crippen molar-refractivity contribution in [1.29, 1.82) is 0 Å². The Morgan fingerprint density at radius 2 is 2.07 bits per heavy atom. The Hall–Kier alpha value is -2.24. The van der Waals surface area contributed by atoms with Gasteiger partial charge < -0.3 is 4.74 Å². The van der Waals surface area contributed by atoms with Crippen LogP contribution in [-0.4, -0.2) is 26.6 Å². The zero-order valence-corrected chi connectivity index (χ0v) is 7.04. The lowest BCUT2D eigenvalue weighted by molar-refractivity contribution is 0.0722. The van der Waals surface area contributed by atoms with Gasteiger partial charge in [-0.2, -0.15) is 5.21 Å². The number of tetrazole rings is 1. The second-order valence-corrected chi connectivity index (χ2v) is 2.44. The number of nitrogens with zero attached hydrogens (tertiary/aromatic N) is 3. The van der Waals surface area contributed by atoms with Crippen molar-refractivity contribution in [3.8, 4) is 5.75 Å². The normalized spacial score (nSPS) is 9.71. The molecule has 0 aliphatic rings. The third-order valence-electron chi connectivity index (χ3n) is 1.48. The summed E-state index contributed by atoms with van der Waals surface area (Å²) in [7, 11) is 0. The van der Waals surface area contributed by atoms with Crippen LogP contribution in [0.3, 0.4) is 0 Å². The minimum atomic E-state index is -0.634. The molecule has 0 saturated heterocycles. The Morgan fingerprint density at radius 1 is 1.29 bits per heavy atom. The van der Waals surface area contributed by atoms with Gasteiger partial charge in [0, 0.05) is 0 Å². The van der Waals surface area contributed by atoms with Crippen molar-refractivity contribution in [2.45, 2.75) is 0 Å². The van der Waals surface area contributed by atoms with E-state index in [0.717, 1.165) is 0 Å². The van der Waals surface area contributed by atoms with Crippen LogP contribution in [0.5, 0.6) is 5.75 Å². The summed E-state index contributed by atoms with van der Waals surface area (Å²) in [5, 5.41) is 12.4. The van der Waals surface area contributed by atoms with Crippen LogP contribution in [0.2, 0.25) is 0 Å². The van der Waals surface area contributed by atoms with E-state index in [1.54, 1.807) is 24.3 Å². The summed E-state index contributed by atoms with van der Waals surface area (Å²) < 4.78 is 4.93. The van der Waals surface area contributed by atoms with Crippen LogP contribution in [0.4, 0.5) is 0 Å². The summed E-state index contributed by atoms with van der Waals surface area (Å²) in [5.41, 5.74) is 0. The molecule has 0 radical (unpaired) electrons. The number of hydrogen-bond acceptors (Lipinski definition) is 5. The van der Waals surface area contributed by atoms with Crippen LogP contribution in [0.25, 0.3) is 0 Å². The second-order valence-electron chi connectivity index (χ2n) is 2.44. The summed E-state index contributed by atoms with van der Waals surface area (Å²) >= 11 is 0. The number of para-hydroxylation sites is 1. The number of H-pyrrole nitrogens is 1. The van der Waals surface area contributed by atoms with Crippen LogP contribution < -0.4 is 4.74 Å². The molecule has 6 heteroatoms. The topological polar surface area (TPSA) is 80.8 Å². The summed E-state index contributed by atoms with van der Waals surface area (Å²) in [6.45, 7) is 0. The molecule has 1 heterocycles. The van der Waals surface area contributed by atoms with Crippen molar-refractivity contribution in [1.82, 2.24) is 20.6 Å². The molecule has 0 bridgehead atoms. The third kappa shape index (κ3) is 1.74. The Balaban J connectivity index is 2.10. The van der Waals surface area contributed by atoms with Gasteiger partial charge in [0.05, 0.1) is 0 Å². The molecule has 0 aliphatic carbocycles. The smallest absolute Gasteiger partial charge is 0.385 e. The Kier molecular flexibility index (Phi) is 2.18. The van der Waals surface area contributed by atoms with Gasteiger partial charge in [0.15, 0.2) is 0 Å². The third-order valence-corrected chi connectivity index (χ3v) is 1.48. The molecular weight excluding hydrogens is 184 g/mol. The van der Waals surface area contributed by atoms with E-state index in [-0.39, 0.29) is 5.82 Å². The fourth-order valence-electron chi connectivity index (χ4n) is 0.889. The van der Waals surface area contributed by atoms with Crippen molar-refractivity contribution in [2.24, 2.45) is 0 Å². The maximum atomic E-state index is 11.3. The first-order valence-corrected chi connectivity index (χ1v) is 3.87. The van der Waals surface area contributed by atoms with Crippen molar-refractivity contribution < 1.29 is 9.53 Å². The van der Waals surface area contributed by atoms with E-state index in [9.17, 15) is 4.79 Å². The zero-order valence-electron chi connectivity index (χ0n) is 7.04. The fourth-order valence-corrected chi connectivity index (χ4v) is 0.889. The number of aromatic nitrogens is 4. The number of ether oxygens (including phenoxy) is 1. The Bertz CT molecular complexity index is 412. The maximum Gasteiger partial charge on any atom is 0.385 e. The molecule has 1 aromatic carbocycles. The van der Waals surface area contributed by atoms with Gasteiger partial charge in [0.1, 0.15) is 5.75 Å². The van der Waals surface area contributed by atoms with E-state index in [0.29, 0.717) is 5.75 Å². The summed E-state index contributed by atoms with van der Waals surface area (Å²) in [6.07, 6.45) is 0. The first kappa shape index (κ1) is 8.36. The highest BCUT2D eigenvalue weighted by Crippen LogP contribution is 2.09. The highest BCUT2D eigenvalue weighted by atomic mass is 16.5. The fraction of sp³-hybridized carbons (Fsp3) is 0. The molecule has 1 aromatic heterocycles. The van der Waals surface area contributed by atoms with Gasteiger partial charge in [0.2, 0.25) is 0 Å². The molecule has 0 atom stereocenters. The van der Waals surface area contributed by atoms with Crippen molar-refractivity contribution in [3.63, 3.8) is 0 Å². The van der Waals surface area contributed by atoms with Gasteiger partial charge in [0.25, 0.3) is 5.82 Å². The SMILES string of the molecule is O=C(Oc1ccccc1)c1nn[nH]n1. The number of rotatable bonds is 2. The van der Waals surface area contributed by atoms with E-state index in [4.69, 9.17) is 4.74 Å². The lowest BCUT2D eigenvalue weighted by Gasteiger charge is -1.98. The monoisotopic (exact) mass is 190 g/mol. The predicted octanol–water partition coefficient (Wildman–Crippen LogP) is 0.419. The standard InChI is InChI=1S/C8H6N4O2/c13-8(7-9-11-12-10-7)14-6-4-2-1-3-5-6/h1-5H,(H,9,10,11,12). The van der Waals surface area contributed by atoms with E-state index in [1.807, 2.05) is 6.07 Å². The van der Waals surface area contributed by atoms with Gasteiger partial charge in [-0.3, -0.25) is 0 Å². The molecule has 70 valence electrons. The van der Waals surface area contributed by atoms with Gasteiger partial charge >= 0.3 is 5.97 Å². The minimum Gasteiger partial charge on any atom is -0.421 e. The number of carbonyl (C=O) groups is 1. The van der Waals surface area contributed by atoms with Crippen molar-refractivity contribution in [3.05, 3.63) is 36.2 Å². The molecule has 2 rings (SSSR count). The van der Waals surface area contributed by atoms with E-state index in [1.165, 1.54) is 0 Å². The van der Waals surface area contributed by atoms with Gasteiger partial charge in [-0.1, -0.05) is 18.2 Å². The van der Waals surface area contributed by atoms with Crippen LogP contribution in [0.1, 0.15) is 10.6 Å². The van der Waals surface area contributed by atoms with E-state index in [2.05, 4.69) is 20.6 Å². The number of hydrogen-bond donors (Lipinski definition) is 1. The minimum absolute atomic E-state index is 0.0890. The van der Waals surface area contributed by atoms with E-state index >= 15 is 0 Å². The van der Waals surface area contributed by atoms with Gasteiger partial charge in [-0.05, 0) is 17.3 Å². The number of esters is 1. The van der Waals surface area contributed by atoms with Crippen molar-refractivity contribution >= 4 is 5.97 Å². The molecule has 0 spiro atoms. The largest absolute Gasteiger partial charge is 0.421 e. The van der Waals surface area contributed by atoms with Crippen LogP contribution in [0, 0.1) is 0 Å². The molecule has 0 amide bonds. The average Bonchev–Trinajstić information content (AvgIpc) is 2.72. The quantitative estimate of drug-likeness (QED) is 0.548. The summed E-state index contributed by atoms with van der Waals surface area (Å²) in [5.74, 6) is -0.277. The van der Waals surface area contributed by atoms with Gasteiger partial charge in [-0.25, -0.2) is 4.79 Å².